The van der Waals surface area contributed by atoms with E-state index >= 15 is 0 Å². The van der Waals surface area contributed by atoms with Crippen LogP contribution in [0.25, 0.3) is 0 Å². The van der Waals surface area contributed by atoms with E-state index in [2.05, 4.69) is 22.9 Å². The molecule has 0 saturated carbocycles. The van der Waals surface area contributed by atoms with Crippen molar-refractivity contribution in [3.05, 3.63) is 24.0 Å². The molecule has 0 N–H and O–H groups in total. The van der Waals surface area contributed by atoms with Gasteiger partial charge in [0, 0.05) is 30.8 Å². The molecule has 0 radical (unpaired) electrons. The van der Waals surface area contributed by atoms with Crippen molar-refractivity contribution < 1.29 is 4.79 Å². The summed E-state index contributed by atoms with van der Waals surface area (Å²) in [5.41, 5.74) is 1.35. The second-order valence-corrected chi connectivity index (χ2v) is 3.72. The van der Waals surface area contributed by atoms with E-state index in [-0.39, 0.29) is 0 Å². The van der Waals surface area contributed by atoms with E-state index in [1.54, 1.807) is 0 Å². The first-order valence-corrected chi connectivity index (χ1v) is 5.00. The molecule has 0 bridgehead atoms. The van der Waals surface area contributed by atoms with Gasteiger partial charge in [-0.2, -0.15) is 0 Å². The van der Waals surface area contributed by atoms with E-state index in [9.17, 15) is 4.79 Å². The summed E-state index contributed by atoms with van der Waals surface area (Å²) in [6.45, 7) is 1.12. The first-order valence-electron chi connectivity index (χ1n) is 5.00. The number of fused-ring (bicyclic) bond motifs is 1. The monoisotopic (exact) mass is 177 g/mol. The quantitative estimate of drug-likeness (QED) is 0.635. The van der Waals surface area contributed by atoms with Gasteiger partial charge in [-0.25, -0.2) is 0 Å². The zero-order valence-electron chi connectivity index (χ0n) is 7.78. The molecule has 0 aliphatic carbocycles. The normalized spacial score (nSPS) is 22.0. The number of carbonyl (C=O) groups excluding carboxylic acids is 1. The topological polar surface area (TPSA) is 22.0 Å². The molecule has 2 nitrogen and oxygen atoms in total. The lowest BCUT2D eigenvalue weighted by molar-refractivity contribution is -0.108. The predicted octanol–water partition coefficient (Wildman–Crippen LogP) is 2.34. The minimum absolute atomic E-state index is 0.468. The van der Waals surface area contributed by atoms with E-state index in [4.69, 9.17) is 0 Å². The van der Waals surface area contributed by atoms with Crippen molar-refractivity contribution in [2.75, 3.05) is 0 Å². The average molecular weight is 177 g/mol. The smallest absolute Gasteiger partial charge is 0.120 e. The molecule has 1 aromatic rings. The number of hydrogen-bond acceptors (Lipinski definition) is 1. The molecular weight excluding hydrogens is 162 g/mol. The fourth-order valence-electron chi connectivity index (χ4n) is 2.18. The number of aryl methyl sites for hydroxylation is 1. The first-order chi connectivity index (χ1) is 6.42. The molecular formula is C11H15NO. The molecule has 13 heavy (non-hydrogen) atoms. The van der Waals surface area contributed by atoms with E-state index in [0.29, 0.717) is 12.3 Å². The number of aldehydes is 1. The highest BCUT2D eigenvalue weighted by Crippen LogP contribution is 2.28. The maximum atomic E-state index is 10.5. The molecule has 0 amide bonds. The Kier molecular flexibility index (Phi) is 2.48. The second-order valence-electron chi connectivity index (χ2n) is 3.72. The van der Waals surface area contributed by atoms with Crippen LogP contribution in [0.15, 0.2) is 18.3 Å². The van der Waals surface area contributed by atoms with Crippen LogP contribution in [0.4, 0.5) is 0 Å². The van der Waals surface area contributed by atoms with Gasteiger partial charge >= 0.3 is 0 Å². The number of hydrogen-bond donors (Lipinski definition) is 0. The van der Waals surface area contributed by atoms with Gasteiger partial charge in [0.25, 0.3) is 0 Å². The van der Waals surface area contributed by atoms with Gasteiger partial charge in [-0.05, 0) is 25.0 Å². The van der Waals surface area contributed by atoms with Crippen molar-refractivity contribution in [1.82, 2.24) is 4.57 Å². The van der Waals surface area contributed by atoms with Crippen LogP contribution in [-0.2, 0) is 11.3 Å². The Bertz CT molecular complexity index is 290. The van der Waals surface area contributed by atoms with E-state index in [1.807, 2.05) is 0 Å². The minimum atomic E-state index is 0.468. The number of rotatable bonds is 2. The summed E-state index contributed by atoms with van der Waals surface area (Å²) in [6, 6.07) is 4.23. The van der Waals surface area contributed by atoms with Crippen molar-refractivity contribution >= 4 is 6.29 Å². The maximum absolute atomic E-state index is 10.5. The maximum Gasteiger partial charge on any atom is 0.120 e. The lowest BCUT2D eigenvalue weighted by atomic mass is 9.97. The zero-order valence-corrected chi connectivity index (χ0v) is 7.78. The van der Waals surface area contributed by atoms with E-state index < -0.39 is 0 Å². The molecule has 2 rings (SSSR count). The van der Waals surface area contributed by atoms with Gasteiger partial charge in [-0.1, -0.05) is 6.42 Å². The van der Waals surface area contributed by atoms with Gasteiger partial charge in [0.1, 0.15) is 6.29 Å². The van der Waals surface area contributed by atoms with Crippen LogP contribution in [-0.4, -0.2) is 10.9 Å². The van der Waals surface area contributed by atoms with Crippen LogP contribution in [0, 0.1) is 0 Å². The van der Waals surface area contributed by atoms with Gasteiger partial charge in [0.2, 0.25) is 0 Å². The highest BCUT2D eigenvalue weighted by atomic mass is 16.1. The summed E-state index contributed by atoms with van der Waals surface area (Å²) in [5.74, 6) is 0.468. The van der Waals surface area contributed by atoms with Crippen molar-refractivity contribution in [1.29, 1.82) is 0 Å². The lowest BCUT2D eigenvalue weighted by Crippen LogP contribution is -2.04. The second kappa shape index (κ2) is 3.77. The molecule has 0 fully saturated rings. The number of carbonyl (C=O) groups is 1. The first kappa shape index (κ1) is 8.54. The summed E-state index contributed by atoms with van der Waals surface area (Å²) in [4.78, 5) is 10.5. The van der Waals surface area contributed by atoms with Gasteiger partial charge in [-0.15, -0.1) is 0 Å². The molecule has 0 aromatic carbocycles. The Morgan fingerprint density at radius 3 is 3.31 bits per heavy atom. The predicted molar refractivity (Wildman–Crippen MR) is 51.7 cm³/mol. The summed E-state index contributed by atoms with van der Waals surface area (Å²) in [7, 11) is 0. The summed E-state index contributed by atoms with van der Waals surface area (Å²) in [6.07, 6.45) is 7.52. The molecule has 2 heterocycles. The van der Waals surface area contributed by atoms with Gasteiger partial charge in [0.05, 0.1) is 0 Å². The molecule has 1 unspecified atom stereocenters. The molecule has 2 heteroatoms. The Morgan fingerprint density at radius 1 is 1.54 bits per heavy atom. The number of nitrogens with zero attached hydrogens (tertiary/aromatic N) is 1. The van der Waals surface area contributed by atoms with E-state index in [1.165, 1.54) is 25.0 Å². The molecule has 0 spiro atoms. The van der Waals surface area contributed by atoms with E-state index in [0.717, 1.165) is 12.8 Å². The van der Waals surface area contributed by atoms with Crippen molar-refractivity contribution in [3.63, 3.8) is 0 Å². The molecule has 1 aromatic heterocycles. The summed E-state index contributed by atoms with van der Waals surface area (Å²) < 4.78 is 2.29. The third-order valence-corrected chi connectivity index (χ3v) is 2.87. The fourth-order valence-corrected chi connectivity index (χ4v) is 2.18. The van der Waals surface area contributed by atoms with Gasteiger partial charge in [-0.3, -0.25) is 0 Å². The van der Waals surface area contributed by atoms with Crippen LogP contribution in [0.1, 0.15) is 37.3 Å². The molecule has 1 atom stereocenters. The Hall–Kier alpha value is -1.05. The third kappa shape index (κ3) is 1.67. The summed E-state index contributed by atoms with van der Waals surface area (Å²) in [5, 5.41) is 0. The van der Waals surface area contributed by atoms with Crippen LogP contribution in [0.2, 0.25) is 0 Å². The lowest BCUT2D eigenvalue weighted by Gasteiger charge is -2.12. The zero-order chi connectivity index (χ0) is 9.10. The van der Waals surface area contributed by atoms with Crippen LogP contribution >= 0.6 is 0 Å². The van der Waals surface area contributed by atoms with Gasteiger partial charge in [0.15, 0.2) is 0 Å². The molecule has 1 aliphatic rings. The van der Waals surface area contributed by atoms with Crippen molar-refractivity contribution in [2.24, 2.45) is 0 Å². The largest absolute Gasteiger partial charge is 0.351 e. The highest BCUT2D eigenvalue weighted by molar-refractivity contribution is 5.51. The SMILES string of the molecule is O=CCC1CCCCn2cccc21. The van der Waals surface area contributed by atoms with Crippen LogP contribution in [0.5, 0.6) is 0 Å². The van der Waals surface area contributed by atoms with Crippen molar-refractivity contribution in [3.8, 4) is 0 Å². The average Bonchev–Trinajstić information content (AvgIpc) is 2.52. The molecule has 0 saturated heterocycles. The Morgan fingerprint density at radius 2 is 2.46 bits per heavy atom. The Balaban J connectivity index is 2.25. The van der Waals surface area contributed by atoms with Gasteiger partial charge < -0.3 is 9.36 Å². The highest BCUT2D eigenvalue weighted by Gasteiger charge is 2.17. The van der Waals surface area contributed by atoms with Crippen LogP contribution in [0.3, 0.4) is 0 Å². The van der Waals surface area contributed by atoms with Crippen LogP contribution < -0.4 is 0 Å². The third-order valence-electron chi connectivity index (χ3n) is 2.87. The molecule has 70 valence electrons. The number of aromatic nitrogens is 1. The fraction of sp³-hybridized carbons (Fsp3) is 0.545. The molecule has 1 aliphatic heterocycles. The Labute approximate surface area is 78.6 Å². The minimum Gasteiger partial charge on any atom is -0.351 e. The summed E-state index contributed by atoms with van der Waals surface area (Å²) >= 11 is 0. The standard InChI is InChI=1S/C11H15NO/c13-9-6-10-4-1-2-7-12-8-3-5-11(10)12/h3,5,8-10H,1-2,4,6-7H2. The van der Waals surface area contributed by atoms with Crippen molar-refractivity contribution in [2.45, 2.75) is 38.1 Å².